The molecule has 0 N–H and O–H groups in total. The number of hydrogen-bond acceptors (Lipinski definition) is 4. The molecule has 0 radical (unpaired) electrons. The second-order valence-electron chi connectivity index (χ2n) is 4.36. The van der Waals surface area contributed by atoms with Gasteiger partial charge in [-0.3, -0.25) is 0 Å². The Balaban J connectivity index is 2.59. The summed E-state index contributed by atoms with van der Waals surface area (Å²) in [5.41, 5.74) is 2.90. The van der Waals surface area contributed by atoms with Crippen LogP contribution in [-0.2, 0) is 6.42 Å². The molecule has 0 amide bonds. The van der Waals surface area contributed by atoms with Crippen molar-refractivity contribution >= 4 is 0 Å². The van der Waals surface area contributed by atoms with E-state index in [1.807, 2.05) is 13.0 Å². The van der Waals surface area contributed by atoms with E-state index in [1.54, 1.807) is 6.33 Å². The molecule has 2 aromatic rings. The van der Waals surface area contributed by atoms with Gasteiger partial charge in [-0.25, -0.2) is 0 Å². The summed E-state index contributed by atoms with van der Waals surface area (Å²) < 4.78 is 2.05. The van der Waals surface area contributed by atoms with Crippen molar-refractivity contribution in [3.05, 3.63) is 23.8 Å². The second-order valence-corrected chi connectivity index (χ2v) is 4.36. The topological polar surface area (TPSA) is 56.5 Å². The molecule has 0 spiro atoms. The third kappa shape index (κ3) is 2.18. The van der Waals surface area contributed by atoms with Crippen molar-refractivity contribution in [1.82, 2.24) is 25.0 Å². The second kappa shape index (κ2) is 4.61. The zero-order chi connectivity index (χ0) is 12.4. The van der Waals surface area contributed by atoms with Gasteiger partial charge in [0.25, 0.3) is 0 Å². The SMILES string of the molecule is CCc1nnc(C)cc1-c1nncn1C(C)C. The average molecular weight is 231 g/mol. The highest BCUT2D eigenvalue weighted by atomic mass is 15.3. The number of aromatic nitrogens is 5. The molecule has 0 unspecified atom stereocenters. The van der Waals surface area contributed by atoms with Crippen molar-refractivity contribution < 1.29 is 0 Å². The van der Waals surface area contributed by atoms with Gasteiger partial charge in [-0.05, 0) is 33.3 Å². The van der Waals surface area contributed by atoms with E-state index in [-0.39, 0.29) is 0 Å². The Morgan fingerprint density at radius 1 is 1.24 bits per heavy atom. The molecule has 17 heavy (non-hydrogen) atoms. The molecular weight excluding hydrogens is 214 g/mol. The first-order chi connectivity index (χ1) is 8.13. The number of hydrogen-bond donors (Lipinski definition) is 0. The van der Waals surface area contributed by atoms with Crippen LogP contribution in [0.3, 0.4) is 0 Å². The van der Waals surface area contributed by atoms with Crippen LogP contribution in [0.15, 0.2) is 12.4 Å². The van der Waals surface area contributed by atoms with Crippen LogP contribution in [0.25, 0.3) is 11.4 Å². The Kier molecular flexibility index (Phi) is 3.17. The van der Waals surface area contributed by atoms with E-state index in [9.17, 15) is 0 Å². The van der Waals surface area contributed by atoms with E-state index in [2.05, 4.69) is 45.7 Å². The first-order valence-electron chi connectivity index (χ1n) is 5.86. The predicted octanol–water partition coefficient (Wildman–Crippen LogP) is 2.19. The van der Waals surface area contributed by atoms with Crippen LogP contribution in [0.4, 0.5) is 0 Å². The Morgan fingerprint density at radius 2 is 2.00 bits per heavy atom. The van der Waals surface area contributed by atoms with Crippen molar-refractivity contribution in [2.45, 2.75) is 40.2 Å². The van der Waals surface area contributed by atoms with E-state index < -0.39 is 0 Å². The maximum absolute atomic E-state index is 4.22. The molecule has 0 aliphatic rings. The standard InChI is InChI=1S/C12H17N5/c1-5-11-10(6-9(4)14-15-11)12-16-13-7-17(12)8(2)3/h6-8H,5H2,1-4H3. The molecule has 5 heteroatoms. The molecule has 0 aliphatic carbocycles. The molecule has 0 bridgehead atoms. The van der Waals surface area contributed by atoms with Crippen molar-refractivity contribution in [2.75, 3.05) is 0 Å². The summed E-state index contributed by atoms with van der Waals surface area (Å²) in [5, 5.41) is 16.5. The molecule has 0 fully saturated rings. The third-order valence-electron chi connectivity index (χ3n) is 2.70. The number of aryl methyl sites for hydroxylation is 2. The van der Waals surface area contributed by atoms with Crippen LogP contribution in [0, 0.1) is 6.92 Å². The van der Waals surface area contributed by atoms with Gasteiger partial charge < -0.3 is 4.57 Å². The third-order valence-corrected chi connectivity index (χ3v) is 2.70. The first kappa shape index (κ1) is 11.7. The number of nitrogens with zero attached hydrogens (tertiary/aromatic N) is 5. The summed E-state index contributed by atoms with van der Waals surface area (Å²) in [6.45, 7) is 8.23. The van der Waals surface area contributed by atoms with E-state index in [4.69, 9.17) is 0 Å². The Hall–Kier alpha value is -1.78. The highest BCUT2D eigenvalue weighted by Crippen LogP contribution is 2.23. The molecule has 0 saturated carbocycles. The molecule has 0 atom stereocenters. The summed E-state index contributed by atoms with van der Waals surface area (Å²) in [6.07, 6.45) is 2.60. The van der Waals surface area contributed by atoms with Gasteiger partial charge in [0.05, 0.1) is 11.4 Å². The highest BCUT2D eigenvalue weighted by molar-refractivity contribution is 5.58. The highest BCUT2D eigenvalue weighted by Gasteiger charge is 2.14. The Morgan fingerprint density at radius 3 is 2.65 bits per heavy atom. The van der Waals surface area contributed by atoms with E-state index in [0.29, 0.717) is 6.04 Å². The fourth-order valence-corrected chi connectivity index (χ4v) is 1.78. The Labute approximate surface area is 101 Å². The molecular formula is C12H17N5. The van der Waals surface area contributed by atoms with Crippen molar-refractivity contribution in [2.24, 2.45) is 0 Å². The fourth-order valence-electron chi connectivity index (χ4n) is 1.78. The normalized spacial score (nSPS) is 11.1. The van der Waals surface area contributed by atoms with Crippen LogP contribution in [0.1, 0.15) is 38.2 Å². The van der Waals surface area contributed by atoms with E-state index in [0.717, 1.165) is 29.2 Å². The van der Waals surface area contributed by atoms with Gasteiger partial charge in [0.15, 0.2) is 5.82 Å². The van der Waals surface area contributed by atoms with Crippen LogP contribution in [0.5, 0.6) is 0 Å². The zero-order valence-corrected chi connectivity index (χ0v) is 10.7. The molecule has 2 aromatic heterocycles. The molecule has 0 saturated heterocycles. The van der Waals surface area contributed by atoms with Gasteiger partial charge >= 0.3 is 0 Å². The smallest absolute Gasteiger partial charge is 0.165 e. The summed E-state index contributed by atoms with van der Waals surface area (Å²) in [5.74, 6) is 0.870. The summed E-state index contributed by atoms with van der Waals surface area (Å²) >= 11 is 0. The monoisotopic (exact) mass is 231 g/mol. The first-order valence-corrected chi connectivity index (χ1v) is 5.86. The number of rotatable bonds is 3. The van der Waals surface area contributed by atoms with Crippen LogP contribution < -0.4 is 0 Å². The minimum atomic E-state index is 0.332. The molecule has 2 heterocycles. The summed E-state index contributed by atoms with van der Waals surface area (Å²) in [7, 11) is 0. The Bertz CT molecular complexity index is 515. The van der Waals surface area contributed by atoms with Crippen molar-refractivity contribution in [3.8, 4) is 11.4 Å². The van der Waals surface area contributed by atoms with Crippen LogP contribution >= 0.6 is 0 Å². The van der Waals surface area contributed by atoms with Gasteiger partial charge in [0.1, 0.15) is 6.33 Å². The molecule has 5 nitrogen and oxygen atoms in total. The van der Waals surface area contributed by atoms with Gasteiger partial charge in [-0.1, -0.05) is 6.92 Å². The molecule has 2 rings (SSSR count). The molecule has 90 valence electrons. The average Bonchev–Trinajstić information content (AvgIpc) is 2.77. The van der Waals surface area contributed by atoms with E-state index in [1.165, 1.54) is 0 Å². The largest absolute Gasteiger partial charge is 0.311 e. The molecule has 0 aliphatic heterocycles. The van der Waals surface area contributed by atoms with Crippen LogP contribution in [0.2, 0.25) is 0 Å². The maximum Gasteiger partial charge on any atom is 0.165 e. The predicted molar refractivity (Wildman–Crippen MR) is 65.5 cm³/mol. The van der Waals surface area contributed by atoms with Gasteiger partial charge in [-0.2, -0.15) is 10.2 Å². The molecule has 0 aromatic carbocycles. The van der Waals surface area contributed by atoms with Crippen LogP contribution in [-0.4, -0.2) is 25.0 Å². The maximum atomic E-state index is 4.22. The lowest BCUT2D eigenvalue weighted by Gasteiger charge is -2.12. The summed E-state index contributed by atoms with van der Waals surface area (Å²) in [6, 6.07) is 2.35. The van der Waals surface area contributed by atoms with Gasteiger partial charge in [0, 0.05) is 11.6 Å². The summed E-state index contributed by atoms with van der Waals surface area (Å²) in [4.78, 5) is 0. The minimum absolute atomic E-state index is 0.332. The van der Waals surface area contributed by atoms with Crippen molar-refractivity contribution in [3.63, 3.8) is 0 Å². The fraction of sp³-hybridized carbons (Fsp3) is 0.500. The lowest BCUT2D eigenvalue weighted by atomic mass is 10.1. The van der Waals surface area contributed by atoms with Gasteiger partial charge in [-0.15, -0.1) is 10.2 Å². The lowest BCUT2D eigenvalue weighted by Crippen LogP contribution is -2.05. The quantitative estimate of drug-likeness (QED) is 0.812. The zero-order valence-electron chi connectivity index (χ0n) is 10.7. The van der Waals surface area contributed by atoms with Gasteiger partial charge in [0.2, 0.25) is 0 Å². The minimum Gasteiger partial charge on any atom is -0.311 e. The van der Waals surface area contributed by atoms with E-state index >= 15 is 0 Å². The van der Waals surface area contributed by atoms with Crippen molar-refractivity contribution in [1.29, 1.82) is 0 Å². The lowest BCUT2D eigenvalue weighted by molar-refractivity contribution is 0.603.